The van der Waals surface area contributed by atoms with E-state index in [-0.39, 0.29) is 11.9 Å². The van der Waals surface area contributed by atoms with Crippen molar-refractivity contribution in [1.82, 2.24) is 10.6 Å². The number of hydrogen-bond acceptors (Lipinski definition) is 3. The van der Waals surface area contributed by atoms with Crippen LogP contribution in [0.4, 0.5) is 0 Å². The van der Waals surface area contributed by atoms with Crippen molar-refractivity contribution in [3.8, 4) is 5.75 Å². The van der Waals surface area contributed by atoms with Gasteiger partial charge >= 0.3 is 0 Å². The Bertz CT molecular complexity index is 376. The van der Waals surface area contributed by atoms with Gasteiger partial charge in [0.05, 0.1) is 12.6 Å². The fourth-order valence-electron chi connectivity index (χ4n) is 1.84. The number of ether oxygens (including phenoxy) is 1. The molecule has 1 rings (SSSR count). The van der Waals surface area contributed by atoms with E-state index in [1.54, 1.807) is 0 Å². The van der Waals surface area contributed by atoms with Gasteiger partial charge in [0, 0.05) is 6.42 Å². The smallest absolute Gasteiger partial charge is 0.220 e. The van der Waals surface area contributed by atoms with Crippen molar-refractivity contribution in [2.45, 2.75) is 32.7 Å². The van der Waals surface area contributed by atoms with E-state index in [0.29, 0.717) is 13.0 Å². The molecule has 1 amide bonds. The van der Waals surface area contributed by atoms with E-state index in [1.807, 2.05) is 45.2 Å². The van der Waals surface area contributed by atoms with Crippen LogP contribution in [0.25, 0.3) is 0 Å². The molecule has 1 aromatic carbocycles. The molecule has 4 heteroatoms. The lowest BCUT2D eigenvalue weighted by Gasteiger charge is -2.15. The van der Waals surface area contributed by atoms with Gasteiger partial charge < -0.3 is 15.4 Å². The molecule has 1 unspecified atom stereocenters. The van der Waals surface area contributed by atoms with Crippen molar-refractivity contribution in [1.29, 1.82) is 0 Å². The van der Waals surface area contributed by atoms with Crippen molar-refractivity contribution in [3.63, 3.8) is 0 Å². The zero-order valence-electron chi connectivity index (χ0n) is 12.0. The molecule has 0 saturated heterocycles. The summed E-state index contributed by atoms with van der Waals surface area (Å²) < 4.78 is 5.39. The number of carbonyl (C=O) groups excluding carboxylic acids is 1. The van der Waals surface area contributed by atoms with Crippen LogP contribution in [0.2, 0.25) is 0 Å². The minimum atomic E-state index is 0.0257. The first-order valence-electron chi connectivity index (χ1n) is 6.84. The number of carbonyl (C=O) groups is 1. The van der Waals surface area contributed by atoms with E-state index >= 15 is 0 Å². The largest absolute Gasteiger partial charge is 0.494 e. The average Bonchev–Trinajstić information content (AvgIpc) is 2.40. The molecule has 106 valence electrons. The van der Waals surface area contributed by atoms with Crippen molar-refractivity contribution in [2.75, 3.05) is 20.2 Å². The van der Waals surface area contributed by atoms with Crippen LogP contribution in [0.1, 0.15) is 38.3 Å². The Morgan fingerprint density at radius 3 is 2.58 bits per heavy atom. The summed E-state index contributed by atoms with van der Waals surface area (Å²) >= 11 is 0. The first-order valence-corrected chi connectivity index (χ1v) is 6.84. The summed E-state index contributed by atoms with van der Waals surface area (Å²) in [6, 6.07) is 7.87. The molecule has 0 aliphatic rings. The fourth-order valence-corrected chi connectivity index (χ4v) is 1.84. The van der Waals surface area contributed by atoms with Crippen LogP contribution < -0.4 is 15.4 Å². The summed E-state index contributed by atoms with van der Waals surface area (Å²) in [6.07, 6.45) is 1.42. The van der Waals surface area contributed by atoms with Crippen molar-refractivity contribution in [3.05, 3.63) is 29.8 Å². The average molecular weight is 264 g/mol. The van der Waals surface area contributed by atoms with Gasteiger partial charge in [0.1, 0.15) is 5.75 Å². The van der Waals surface area contributed by atoms with Crippen LogP contribution in [0.3, 0.4) is 0 Å². The van der Waals surface area contributed by atoms with Crippen LogP contribution in [0.5, 0.6) is 5.75 Å². The lowest BCUT2D eigenvalue weighted by Crippen LogP contribution is -2.27. The van der Waals surface area contributed by atoms with E-state index < -0.39 is 0 Å². The molecule has 0 fully saturated rings. The molecular weight excluding hydrogens is 240 g/mol. The van der Waals surface area contributed by atoms with E-state index in [9.17, 15) is 4.79 Å². The molecule has 19 heavy (non-hydrogen) atoms. The highest BCUT2D eigenvalue weighted by atomic mass is 16.5. The predicted octanol–water partition coefficient (Wildman–Crippen LogP) is 2.26. The van der Waals surface area contributed by atoms with Gasteiger partial charge in [-0.05, 0) is 51.6 Å². The van der Waals surface area contributed by atoms with Crippen molar-refractivity contribution in [2.24, 2.45) is 0 Å². The SMILES string of the molecule is CCOc1ccc(C(C)NC(=O)CCCNC)cc1. The molecule has 0 spiro atoms. The second-order valence-corrected chi connectivity index (χ2v) is 4.50. The Labute approximate surface area is 115 Å². The molecule has 1 atom stereocenters. The molecule has 2 N–H and O–H groups in total. The number of rotatable bonds is 8. The van der Waals surface area contributed by atoms with Crippen molar-refractivity contribution < 1.29 is 9.53 Å². The molecule has 0 aromatic heterocycles. The topological polar surface area (TPSA) is 50.4 Å². The maximum absolute atomic E-state index is 11.7. The Morgan fingerprint density at radius 1 is 1.32 bits per heavy atom. The minimum absolute atomic E-state index is 0.0257. The third-order valence-electron chi connectivity index (χ3n) is 2.90. The van der Waals surface area contributed by atoms with Gasteiger partial charge in [0.25, 0.3) is 0 Å². The molecule has 1 aromatic rings. The van der Waals surface area contributed by atoms with Gasteiger partial charge in [-0.25, -0.2) is 0 Å². The third kappa shape index (κ3) is 5.75. The summed E-state index contributed by atoms with van der Waals surface area (Å²) in [5, 5.41) is 6.03. The summed E-state index contributed by atoms with van der Waals surface area (Å²) in [4.78, 5) is 11.7. The molecule has 0 aliphatic carbocycles. The molecular formula is C15H24N2O2. The maximum atomic E-state index is 11.7. The lowest BCUT2D eigenvalue weighted by molar-refractivity contribution is -0.121. The van der Waals surface area contributed by atoms with Gasteiger partial charge in [0.15, 0.2) is 0 Å². The highest BCUT2D eigenvalue weighted by molar-refractivity contribution is 5.76. The number of amides is 1. The lowest BCUT2D eigenvalue weighted by atomic mass is 10.1. The van der Waals surface area contributed by atoms with Crippen molar-refractivity contribution >= 4 is 5.91 Å². The van der Waals surface area contributed by atoms with E-state index in [0.717, 1.165) is 24.3 Å². The van der Waals surface area contributed by atoms with E-state index in [1.165, 1.54) is 0 Å². The molecule has 0 bridgehead atoms. The summed E-state index contributed by atoms with van der Waals surface area (Å²) in [6.45, 7) is 5.48. The summed E-state index contributed by atoms with van der Waals surface area (Å²) in [5.41, 5.74) is 1.09. The first-order chi connectivity index (χ1) is 9.17. The Kier molecular flexibility index (Phi) is 6.97. The highest BCUT2D eigenvalue weighted by Gasteiger charge is 2.09. The Balaban J connectivity index is 2.43. The van der Waals surface area contributed by atoms with Crippen LogP contribution in [0, 0.1) is 0 Å². The monoisotopic (exact) mass is 264 g/mol. The zero-order chi connectivity index (χ0) is 14.1. The highest BCUT2D eigenvalue weighted by Crippen LogP contribution is 2.17. The Morgan fingerprint density at radius 2 is 2.00 bits per heavy atom. The van der Waals surface area contributed by atoms with Crippen LogP contribution in [-0.2, 0) is 4.79 Å². The first kappa shape index (κ1) is 15.5. The second-order valence-electron chi connectivity index (χ2n) is 4.50. The molecule has 4 nitrogen and oxygen atoms in total. The zero-order valence-corrected chi connectivity index (χ0v) is 12.0. The normalized spacial score (nSPS) is 11.9. The van der Waals surface area contributed by atoms with E-state index in [2.05, 4.69) is 10.6 Å². The van der Waals surface area contributed by atoms with Crippen LogP contribution in [-0.4, -0.2) is 26.1 Å². The maximum Gasteiger partial charge on any atom is 0.220 e. The molecule has 0 radical (unpaired) electrons. The van der Waals surface area contributed by atoms with Gasteiger partial charge in [0.2, 0.25) is 5.91 Å². The van der Waals surface area contributed by atoms with Gasteiger partial charge in [-0.2, -0.15) is 0 Å². The summed E-state index contributed by atoms with van der Waals surface area (Å²) in [7, 11) is 1.89. The minimum Gasteiger partial charge on any atom is -0.494 e. The fraction of sp³-hybridized carbons (Fsp3) is 0.533. The van der Waals surface area contributed by atoms with Gasteiger partial charge in [-0.1, -0.05) is 12.1 Å². The Hall–Kier alpha value is -1.55. The number of hydrogen-bond donors (Lipinski definition) is 2. The second kappa shape index (κ2) is 8.53. The predicted molar refractivity (Wildman–Crippen MR) is 77.3 cm³/mol. The van der Waals surface area contributed by atoms with Gasteiger partial charge in [-0.3, -0.25) is 4.79 Å². The summed E-state index contributed by atoms with van der Waals surface area (Å²) in [5.74, 6) is 0.954. The quantitative estimate of drug-likeness (QED) is 0.708. The molecule has 0 saturated carbocycles. The third-order valence-corrected chi connectivity index (χ3v) is 2.90. The standard InChI is InChI=1S/C15H24N2O2/c1-4-19-14-9-7-13(8-10-14)12(2)17-15(18)6-5-11-16-3/h7-10,12,16H,4-6,11H2,1-3H3,(H,17,18). The van der Waals surface area contributed by atoms with Crippen LogP contribution >= 0.6 is 0 Å². The van der Waals surface area contributed by atoms with Crippen LogP contribution in [0.15, 0.2) is 24.3 Å². The van der Waals surface area contributed by atoms with E-state index in [4.69, 9.17) is 4.74 Å². The molecule has 0 heterocycles. The number of nitrogens with one attached hydrogen (secondary N) is 2. The number of benzene rings is 1. The van der Waals surface area contributed by atoms with Gasteiger partial charge in [-0.15, -0.1) is 0 Å². The molecule has 0 aliphatic heterocycles.